The van der Waals surface area contributed by atoms with E-state index >= 15 is 0 Å². The Hall–Kier alpha value is -1.00. The van der Waals surface area contributed by atoms with Gasteiger partial charge in [-0.1, -0.05) is 0 Å². The lowest BCUT2D eigenvalue weighted by Crippen LogP contribution is -2.31. The van der Waals surface area contributed by atoms with Crippen LogP contribution in [0.25, 0.3) is 0 Å². The smallest absolute Gasteiger partial charge is 0.289 e. The molecule has 2 atom stereocenters. The topological polar surface area (TPSA) is 45.5 Å². The zero-order chi connectivity index (χ0) is 11.1. The number of furan rings is 1. The summed E-state index contributed by atoms with van der Waals surface area (Å²) in [5, 5.41) is 3.37. The monoisotopic (exact) mass is 256 g/mol. The summed E-state index contributed by atoms with van der Waals surface area (Å²) in [5.41, 5.74) is 0. The Morgan fingerprint density at radius 2 is 2.00 bits per heavy atom. The molecule has 0 unspecified atom stereocenters. The second-order valence-electron chi connectivity index (χ2n) is 4.80. The maximum Gasteiger partial charge on any atom is 0.289 e. The van der Waals surface area contributed by atoms with Gasteiger partial charge in [-0.3, -0.25) is 4.79 Å². The lowest BCUT2D eigenvalue weighted by atomic mass is 10.0. The van der Waals surface area contributed by atoms with Crippen LogP contribution in [0.5, 0.6) is 0 Å². The van der Waals surface area contributed by atoms with Gasteiger partial charge in [0.1, 0.15) is 5.76 Å². The van der Waals surface area contributed by atoms with Crippen LogP contribution < -0.4 is 5.32 Å². The van der Waals surface area contributed by atoms with Gasteiger partial charge >= 0.3 is 0 Å². The van der Waals surface area contributed by atoms with Crippen LogP contribution in [0.4, 0.5) is 0 Å². The van der Waals surface area contributed by atoms with Crippen LogP contribution in [-0.2, 0) is 0 Å². The molecule has 0 bridgehead atoms. The second-order valence-corrected chi connectivity index (χ2v) is 4.80. The normalized spacial score (nSPS) is 26.8. The molecule has 0 saturated carbocycles. The van der Waals surface area contributed by atoms with Crippen molar-refractivity contribution in [1.82, 2.24) is 10.2 Å². The van der Waals surface area contributed by atoms with E-state index in [1.807, 2.05) is 17.9 Å². The van der Waals surface area contributed by atoms with Crippen molar-refractivity contribution < 1.29 is 9.21 Å². The fourth-order valence-corrected chi connectivity index (χ4v) is 2.73. The maximum atomic E-state index is 12.1. The molecule has 0 spiro atoms. The number of carbonyl (C=O) groups is 1. The molecule has 2 aliphatic heterocycles. The summed E-state index contributed by atoms with van der Waals surface area (Å²) in [5.74, 6) is 2.59. The lowest BCUT2D eigenvalue weighted by Gasteiger charge is -2.15. The van der Waals surface area contributed by atoms with Gasteiger partial charge in [-0.05, 0) is 30.9 Å². The van der Waals surface area contributed by atoms with Gasteiger partial charge in [0.2, 0.25) is 0 Å². The van der Waals surface area contributed by atoms with Crippen molar-refractivity contribution >= 4 is 18.3 Å². The number of nitrogens with one attached hydrogen (secondary N) is 1. The minimum atomic E-state index is 0. The average molecular weight is 257 g/mol. The zero-order valence-electron chi connectivity index (χ0n) is 9.81. The molecule has 0 aromatic carbocycles. The van der Waals surface area contributed by atoms with Crippen molar-refractivity contribution in [3.05, 3.63) is 23.7 Å². The van der Waals surface area contributed by atoms with Crippen LogP contribution >= 0.6 is 12.4 Å². The van der Waals surface area contributed by atoms with Crippen LogP contribution in [0.15, 0.2) is 16.5 Å². The quantitative estimate of drug-likeness (QED) is 0.824. The van der Waals surface area contributed by atoms with Crippen molar-refractivity contribution in [2.45, 2.75) is 6.92 Å². The number of hydrogen-bond acceptors (Lipinski definition) is 3. The summed E-state index contributed by atoms with van der Waals surface area (Å²) >= 11 is 0. The van der Waals surface area contributed by atoms with Crippen molar-refractivity contribution in [3.8, 4) is 0 Å². The first-order valence-electron chi connectivity index (χ1n) is 5.80. The summed E-state index contributed by atoms with van der Waals surface area (Å²) in [6.07, 6.45) is 0. The third kappa shape index (κ3) is 2.19. The van der Waals surface area contributed by atoms with E-state index < -0.39 is 0 Å². The molecule has 3 rings (SSSR count). The Labute approximate surface area is 107 Å². The Morgan fingerprint density at radius 3 is 2.53 bits per heavy atom. The number of amides is 1. The van der Waals surface area contributed by atoms with Crippen LogP contribution in [0.1, 0.15) is 16.3 Å². The van der Waals surface area contributed by atoms with E-state index in [1.165, 1.54) is 0 Å². The number of aryl methyl sites for hydroxylation is 1. The fraction of sp³-hybridized carbons (Fsp3) is 0.583. The fourth-order valence-electron chi connectivity index (χ4n) is 2.73. The van der Waals surface area contributed by atoms with Gasteiger partial charge in [-0.2, -0.15) is 0 Å². The molecule has 1 amide bonds. The molecule has 4 nitrogen and oxygen atoms in total. The molecule has 0 aliphatic carbocycles. The summed E-state index contributed by atoms with van der Waals surface area (Å²) in [7, 11) is 0. The predicted octanol–water partition coefficient (Wildman–Crippen LogP) is 1.30. The standard InChI is InChI=1S/C12H16N2O2.ClH/c1-8-2-3-11(16-8)12(15)14-6-9-4-13-5-10(9)7-14;/h2-3,9-10,13H,4-7H2,1H3;1H/t9-,10+;. The highest BCUT2D eigenvalue weighted by Gasteiger charge is 2.38. The molecule has 3 heterocycles. The first kappa shape index (κ1) is 12.5. The summed E-state index contributed by atoms with van der Waals surface area (Å²) in [6.45, 7) is 5.70. The molecule has 0 radical (unpaired) electrons. The number of fused-ring (bicyclic) bond motifs is 1. The number of likely N-dealkylation sites (tertiary alicyclic amines) is 1. The number of carbonyl (C=O) groups excluding carboxylic acids is 1. The molecule has 2 aliphatic rings. The first-order valence-corrected chi connectivity index (χ1v) is 5.80. The Morgan fingerprint density at radius 1 is 1.35 bits per heavy atom. The first-order chi connectivity index (χ1) is 7.74. The highest BCUT2D eigenvalue weighted by molar-refractivity contribution is 5.91. The van der Waals surface area contributed by atoms with Crippen LogP contribution in [0.3, 0.4) is 0 Å². The molecule has 94 valence electrons. The van der Waals surface area contributed by atoms with Gasteiger partial charge in [0.05, 0.1) is 0 Å². The van der Waals surface area contributed by atoms with E-state index in [9.17, 15) is 4.79 Å². The van der Waals surface area contributed by atoms with E-state index in [-0.39, 0.29) is 18.3 Å². The van der Waals surface area contributed by atoms with Crippen molar-refractivity contribution in [2.24, 2.45) is 11.8 Å². The molecular formula is C12H17ClN2O2. The Kier molecular flexibility index (Phi) is 3.45. The predicted molar refractivity (Wildman–Crippen MR) is 66.4 cm³/mol. The van der Waals surface area contributed by atoms with Crippen LogP contribution in [0.2, 0.25) is 0 Å². The third-order valence-electron chi connectivity index (χ3n) is 3.63. The summed E-state index contributed by atoms with van der Waals surface area (Å²) in [6, 6.07) is 3.61. The van der Waals surface area contributed by atoms with Crippen LogP contribution in [-0.4, -0.2) is 37.0 Å². The third-order valence-corrected chi connectivity index (χ3v) is 3.63. The molecule has 5 heteroatoms. The molecule has 1 aromatic rings. The van der Waals surface area contributed by atoms with E-state index in [0.29, 0.717) is 17.6 Å². The number of halogens is 1. The molecule has 2 fully saturated rings. The zero-order valence-corrected chi connectivity index (χ0v) is 10.6. The van der Waals surface area contributed by atoms with Gasteiger partial charge in [0.25, 0.3) is 5.91 Å². The number of nitrogens with zero attached hydrogens (tertiary/aromatic N) is 1. The van der Waals surface area contributed by atoms with Gasteiger partial charge in [-0.25, -0.2) is 0 Å². The average Bonchev–Trinajstić information content (AvgIpc) is 2.89. The van der Waals surface area contributed by atoms with E-state index in [0.717, 1.165) is 31.9 Å². The van der Waals surface area contributed by atoms with Crippen LogP contribution in [0, 0.1) is 18.8 Å². The Balaban J connectivity index is 0.00000108. The van der Waals surface area contributed by atoms with Crippen molar-refractivity contribution in [1.29, 1.82) is 0 Å². The summed E-state index contributed by atoms with van der Waals surface area (Å²) < 4.78 is 5.37. The second kappa shape index (κ2) is 4.70. The van der Waals surface area contributed by atoms with Gasteiger partial charge in [0, 0.05) is 26.2 Å². The highest BCUT2D eigenvalue weighted by atomic mass is 35.5. The molecule has 17 heavy (non-hydrogen) atoms. The lowest BCUT2D eigenvalue weighted by molar-refractivity contribution is 0.0748. The van der Waals surface area contributed by atoms with E-state index in [1.54, 1.807) is 6.07 Å². The van der Waals surface area contributed by atoms with E-state index in [4.69, 9.17) is 4.42 Å². The maximum absolute atomic E-state index is 12.1. The van der Waals surface area contributed by atoms with E-state index in [2.05, 4.69) is 5.32 Å². The molecular weight excluding hydrogens is 240 g/mol. The molecule has 1 N–H and O–H groups in total. The van der Waals surface area contributed by atoms with Gasteiger partial charge < -0.3 is 14.6 Å². The minimum Gasteiger partial charge on any atom is -0.456 e. The largest absolute Gasteiger partial charge is 0.456 e. The summed E-state index contributed by atoms with van der Waals surface area (Å²) in [4.78, 5) is 14.0. The van der Waals surface area contributed by atoms with Crippen molar-refractivity contribution in [3.63, 3.8) is 0 Å². The van der Waals surface area contributed by atoms with Crippen molar-refractivity contribution in [2.75, 3.05) is 26.2 Å². The highest BCUT2D eigenvalue weighted by Crippen LogP contribution is 2.27. The minimum absolute atomic E-state index is 0. The van der Waals surface area contributed by atoms with Gasteiger partial charge in [-0.15, -0.1) is 12.4 Å². The molecule has 2 saturated heterocycles. The number of hydrogen-bond donors (Lipinski definition) is 1. The molecule has 1 aromatic heterocycles. The van der Waals surface area contributed by atoms with Gasteiger partial charge in [0.15, 0.2) is 5.76 Å². The number of rotatable bonds is 1. The SMILES string of the molecule is Cc1ccc(C(=O)N2C[C@H]3CNC[C@H]3C2)o1.Cl. The Bertz CT molecular complexity index is 406.